The molecular weight excluding hydrogens is 613 g/mol. The molecule has 0 heterocycles. The smallest absolute Gasteiger partial charge is 0.264 e. The van der Waals surface area contributed by atoms with Crippen molar-refractivity contribution in [1.29, 1.82) is 0 Å². The molecule has 1 N–H and O–H groups in total. The van der Waals surface area contributed by atoms with E-state index >= 15 is 0 Å². The highest BCUT2D eigenvalue weighted by Crippen LogP contribution is 2.32. The van der Waals surface area contributed by atoms with Gasteiger partial charge < -0.3 is 19.7 Å². The molecular formula is C31H37Cl2N3O6S. The summed E-state index contributed by atoms with van der Waals surface area (Å²) in [5.41, 5.74) is 1.81. The fourth-order valence-electron chi connectivity index (χ4n) is 4.23. The summed E-state index contributed by atoms with van der Waals surface area (Å²) in [6.07, 6.45) is 0.698. The van der Waals surface area contributed by atoms with Crippen molar-refractivity contribution in [3.8, 4) is 11.5 Å². The van der Waals surface area contributed by atoms with E-state index in [0.717, 1.165) is 9.87 Å². The van der Waals surface area contributed by atoms with Crippen LogP contribution >= 0.6 is 23.2 Å². The molecule has 3 aromatic carbocycles. The van der Waals surface area contributed by atoms with Gasteiger partial charge in [0.15, 0.2) is 11.5 Å². The second-order valence-electron chi connectivity index (χ2n) is 10.1. The van der Waals surface area contributed by atoms with Gasteiger partial charge in [-0.15, -0.1) is 0 Å². The first-order valence-corrected chi connectivity index (χ1v) is 15.9. The van der Waals surface area contributed by atoms with Crippen LogP contribution in [0.25, 0.3) is 0 Å². The number of hydrogen-bond donors (Lipinski definition) is 1. The summed E-state index contributed by atoms with van der Waals surface area (Å²) >= 11 is 12.3. The summed E-state index contributed by atoms with van der Waals surface area (Å²) in [5, 5.41) is 3.54. The molecule has 0 spiro atoms. The van der Waals surface area contributed by atoms with Crippen molar-refractivity contribution in [2.24, 2.45) is 0 Å². The third-order valence-corrected chi connectivity index (χ3v) is 9.56. The first-order chi connectivity index (χ1) is 20.3. The zero-order chi connectivity index (χ0) is 31.9. The van der Waals surface area contributed by atoms with Gasteiger partial charge in [-0.05, 0) is 69.2 Å². The van der Waals surface area contributed by atoms with Crippen molar-refractivity contribution in [3.05, 3.63) is 81.8 Å². The van der Waals surface area contributed by atoms with E-state index < -0.39 is 28.5 Å². The molecule has 43 heavy (non-hydrogen) atoms. The third kappa shape index (κ3) is 8.34. The molecule has 0 bridgehead atoms. The van der Waals surface area contributed by atoms with Gasteiger partial charge in [0.2, 0.25) is 11.8 Å². The molecule has 0 saturated carbocycles. The van der Waals surface area contributed by atoms with E-state index in [0.29, 0.717) is 27.8 Å². The molecule has 0 saturated heterocycles. The molecule has 2 atom stereocenters. The number of aryl methyl sites for hydroxylation is 1. The Morgan fingerprint density at radius 3 is 2.14 bits per heavy atom. The molecule has 12 heteroatoms. The van der Waals surface area contributed by atoms with Gasteiger partial charge in [-0.2, -0.15) is 0 Å². The SMILES string of the molecule is CC[C@H](C)NC(=O)[C@H](C)N(Cc1ccc(Cl)c(Cl)c1)C(=O)CN(c1ccc(C)cc1)S(=O)(=O)c1ccc(OC)c(OC)c1. The first kappa shape index (κ1) is 34.0. The Morgan fingerprint density at radius 2 is 1.56 bits per heavy atom. The number of benzene rings is 3. The predicted octanol–water partition coefficient (Wildman–Crippen LogP) is 5.85. The van der Waals surface area contributed by atoms with Crippen LogP contribution in [0.5, 0.6) is 11.5 Å². The average molecular weight is 651 g/mol. The summed E-state index contributed by atoms with van der Waals surface area (Å²) in [7, 11) is -1.44. The Bertz CT molecular complexity index is 1550. The largest absolute Gasteiger partial charge is 0.493 e. The van der Waals surface area contributed by atoms with Crippen LogP contribution in [0.4, 0.5) is 5.69 Å². The number of rotatable bonds is 13. The summed E-state index contributed by atoms with van der Waals surface area (Å²) in [6.45, 7) is 6.69. The maximum Gasteiger partial charge on any atom is 0.264 e. The van der Waals surface area contributed by atoms with Crippen molar-refractivity contribution in [2.75, 3.05) is 25.1 Å². The van der Waals surface area contributed by atoms with Crippen LogP contribution in [0, 0.1) is 6.92 Å². The Balaban J connectivity index is 2.08. The Morgan fingerprint density at radius 1 is 0.907 bits per heavy atom. The predicted molar refractivity (Wildman–Crippen MR) is 170 cm³/mol. The fraction of sp³-hybridized carbons (Fsp3) is 0.355. The molecule has 0 unspecified atom stereocenters. The Hall–Kier alpha value is -3.47. The number of halogens is 2. The van der Waals surface area contributed by atoms with E-state index in [1.165, 1.54) is 37.3 Å². The van der Waals surface area contributed by atoms with Gasteiger partial charge in [-0.3, -0.25) is 13.9 Å². The van der Waals surface area contributed by atoms with Crippen LogP contribution in [0.3, 0.4) is 0 Å². The number of sulfonamides is 1. The third-order valence-electron chi connectivity index (χ3n) is 7.05. The highest BCUT2D eigenvalue weighted by Gasteiger charge is 2.33. The van der Waals surface area contributed by atoms with Crippen LogP contribution in [0.2, 0.25) is 10.0 Å². The molecule has 0 aliphatic carbocycles. The number of nitrogens with zero attached hydrogens (tertiary/aromatic N) is 2. The Labute approximate surface area is 263 Å². The standard InChI is InChI=1S/C31H37Cl2N3O6S/c1-7-21(3)34-31(38)22(4)35(18-23-10-14-26(32)27(33)16-23)30(37)19-36(24-11-8-20(2)9-12-24)43(39,40)25-13-15-28(41-5)29(17-25)42-6/h8-17,21-22H,7,18-19H2,1-6H3,(H,34,38)/t21-,22-/m0/s1. The summed E-state index contributed by atoms with van der Waals surface area (Å²) in [5.74, 6) is -0.390. The minimum absolute atomic E-state index is 0.0110. The number of carbonyl (C=O) groups is 2. The zero-order valence-corrected chi connectivity index (χ0v) is 27.4. The number of ether oxygens (including phenoxy) is 2. The van der Waals surface area contributed by atoms with Gasteiger partial charge in [-0.1, -0.05) is 53.9 Å². The van der Waals surface area contributed by atoms with E-state index in [1.807, 2.05) is 20.8 Å². The van der Waals surface area contributed by atoms with E-state index in [1.54, 1.807) is 49.4 Å². The maximum atomic E-state index is 14.1. The van der Waals surface area contributed by atoms with Gasteiger partial charge in [0.05, 0.1) is 34.8 Å². The second kappa shape index (κ2) is 14.8. The van der Waals surface area contributed by atoms with Crippen molar-refractivity contribution >= 4 is 50.7 Å². The van der Waals surface area contributed by atoms with Gasteiger partial charge in [-0.25, -0.2) is 8.42 Å². The summed E-state index contributed by atoms with van der Waals surface area (Å²) in [4.78, 5) is 28.5. The van der Waals surface area contributed by atoms with E-state index in [2.05, 4.69) is 5.32 Å². The molecule has 0 radical (unpaired) electrons. The minimum Gasteiger partial charge on any atom is -0.493 e. The quantitative estimate of drug-likeness (QED) is 0.249. The molecule has 0 fully saturated rings. The number of carbonyl (C=O) groups excluding carboxylic acids is 2. The van der Waals surface area contributed by atoms with Gasteiger partial charge in [0.1, 0.15) is 12.6 Å². The van der Waals surface area contributed by atoms with E-state index in [9.17, 15) is 18.0 Å². The van der Waals surface area contributed by atoms with Crippen LogP contribution in [0.15, 0.2) is 65.6 Å². The summed E-state index contributed by atoms with van der Waals surface area (Å²) in [6, 6.07) is 14.9. The van der Waals surface area contributed by atoms with E-state index in [4.69, 9.17) is 32.7 Å². The number of amides is 2. The monoisotopic (exact) mass is 649 g/mol. The molecule has 0 aliphatic heterocycles. The average Bonchev–Trinajstić information content (AvgIpc) is 2.99. The van der Waals surface area contributed by atoms with Crippen molar-refractivity contribution < 1.29 is 27.5 Å². The normalized spacial score (nSPS) is 12.7. The zero-order valence-electron chi connectivity index (χ0n) is 25.1. The Kier molecular flexibility index (Phi) is 11.7. The lowest BCUT2D eigenvalue weighted by Crippen LogP contribution is -2.52. The molecule has 9 nitrogen and oxygen atoms in total. The van der Waals surface area contributed by atoms with Crippen molar-refractivity contribution in [2.45, 2.75) is 57.6 Å². The van der Waals surface area contributed by atoms with Crippen molar-refractivity contribution in [3.63, 3.8) is 0 Å². The molecule has 0 aliphatic rings. The van der Waals surface area contributed by atoms with E-state index in [-0.39, 0.29) is 34.8 Å². The van der Waals surface area contributed by atoms with Crippen LogP contribution in [0.1, 0.15) is 38.3 Å². The second-order valence-corrected chi connectivity index (χ2v) is 12.8. The number of methoxy groups -OCH3 is 2. The highest BCUT2D eigenvalue weighted by molar-refractivity contribution is 7.92. The number of hydrogen-bond acceptors (Lipinski definition) is 6. The van der Waals surface area contributed by atoms with Crippen LogP contribution in [-0.4, -0.2) is 58.0 Å². The molecule has 2 amide bonds. The lowest BCUT2D eigenvalue weighted by molar-refractivity contribution is -0.139. The van der Waals surface area contributed by atoms with Crippen LogP contribution < -0.4 is 19.1 Å². The fourth-order valence-corrected chi connectivity index (χ4v) is 5.98. The minimum atomic E-state index is -4.30. The molecule has 3 rings (SSSR count). The number of nitrogens with one attached hydrogen (secondary N) is 1. The highest BCUT2D eigenvalue weighted by atomic mass is 35.5. The van der Waals surface area contributed by atoms with Crippen LogP contribution in [-0.2, 0) is 26.2 Å². The molecule has 3 aromatic rings. The lowest BCUT2D eigenvalue weighted by atomic mass is 10.1. The molecule has 232 valence electrons. The molecule has 0 aromatic heterocycles. The van der Waals surface area contributed by atoms with Gasteiger partial charge >= 0.3 is 0 Å². The van der Waals surface area contributed by atoms with Gasteiger partial charge in [0.25, 0.3) is 10.0 Å². The topological polar surface area (TPSA) is 105 Å². The van der Waals surface area contributed by atoms with Gasteiger partial charge in [0, 0.05) is 18.7 Å². The lowest BCUT2D eigenvalue weighted by Gasteiger charge is -2.32. The number of anilines is 1. The maximum absolute atomic E-state index is 14.1. The van der Waals surface area contributed by atoms with Crippen molar-refractivity contribution in [1.82, 2.24) is 10.2 Å². The first-order valence-electron chi connectivity index (χ1n) is 13.7. The summed E-state index contributed by atoms with van der Waals surface area (Å²) < 4.78 is 39.9.